The van der Waals surface area contributed by atoms with E-state index in [0.29, 0.717) is 23.4 Å². The van der Waals surface area contributed by atoms with Gasteiger partial charge in [-0.2, -0.15) is 0 Å². The summed E-state index contributed by atoms with van der Waals surface area (Å²) in [5.74, 6) is 0.520. The van der Waals surface area contributed by atoms with Crippen molar-refractivity contribution in [3.05, 3.63) is 29.3 Å². The Morgan fingerprint density at radius 1 is 1.42 bits per heavy atom. The Kier molecular flexibility index (Phi) is 5.48. The number of amides is 1. The Morgan fingerprint density at radius 3 is 2.89 bits per heavy atom. The summed E-state index contributed by atoms with van der Waals surface area (Å²) in [7, 11) is 0. The van der Waals surface area contributed by atoms with E-state index in [9.17, 15) is 4.79 Å². The van der Waals surface area contributed by atoms with Crippen molar-refractivity contribution < 1.29 is 14.3 Å². The van der Waals surface area contributed by atoms with Gasteiger partial charge >= 0.3 is 0 Å². The molecule has 104 valence electrons. The molecule has 0 spiro atoms. The van der Waals surface area contributed by atoms with Crippen molar-refractivity contribution >= 4 is 17.5 Å². The van der Waals surface area contributed by atoms with Crippen molar-refractivity contribution in [2.24, 2.45) is 0 Å². The summed E-state index contributed by atoms with van der Waals surface area (Å²) in [6, 6.07) is 6.93. The number of ether oxygens (including phenoxy) is 2. The summed E-state index contributed by atoms with van der Waals surface area (Å²) in [4.78, 5) is 11.6. The Balaban J connectivity index is 1.60. The van der Waals surface area contributed by atoms with Gasteiger partial charge in [-0.1, -0.05) is 11.6 Å². The molecular weight excluding hydrogens is 266 g/mol. The van der Waals surface area contributed by atoms with Crippen LogP contribution in [-0.2, 0) is 9.53 Å². The highest BCUT2D eigenvalue weighted by molar-refractivity contribution is 6.30. The van der Waals surface area contributed by atoms with E-state index in [1.54, 1.807) is 24.3 Å². The second-order valence-electron chi connectivity index (χ2n) is 4.52. The van der Waals surface area contributed by atoms with Crippen LogP contribution < -0.4 is 10.1 Å². The second-order valence-corrected chi connectivity index (χ2v) is 4.95. The van der Waals surface area contributed by atoms with Crippen LogP contribution in [0.2, 0.25) is 5.02 Å². The smallest absolute Gasteiger partial charge is 0.257 e. The molecule has 1 aromatic rings. The zero-order valence-corrected chi connectivity index (χ0v) is 11.5. The van der Waals surface area contributed by atoms with Crippen LogP contribution in [0, 0.1) is 0 Å². The highest BCUT2D eigenvalue weighted by atomic mass is 35.5. The van der Waals surface area contributed by atoms with Crippen LogP contribution in [-0.4, -0.2) is 31.8 Å². The molecule has 1 aromatic carbocycles. The number of halogens is 1. The number of benzene rings is 1. The molecule has 1 fully saturated rings. The van der Waals surface area contributed by atoms with Gasteiger partial charge in [0.1, 0.15) is 5.75 Å². The Bertz CT molecular complexity index is 402. The molecule has 1 unspecified atom stereocenters. The first-order valence-electron chi connectivity index (χ1n) is 6.51. The normalized spacial score (nSPS) is 18.3. The lowest BCUT2D eigenvalue weighted by Crippen LogP contribution is -2.31. The molecule has 1 heterocycles. The van der Waals surface area contributed by atoms with Crippen LogP contribution in [0.4, 0.5) is 0 Å². The summed E-state index contributed by atoms with van der Waals surface area (Å²) >= 11 is 5.76. The maximum absolute atomic E-state index is 11.6. The van der Waals surface area contributed by atoms with Crippen molar-refractivity contribution in [1.82, 2.24) is 5.32 Å². The van der Waals surface area contributed by atoms with Gasteiger partial charge in [-0.25, -0.2) is 0 Å². The third kappa shape index (κ3) is 5.09. The third-order valence-electron chi connectivity index (χ3n) is 3.00. The van der Waals surface area contributed by atoms with Gasteiger partial charge in [0.25, 0.3) is 5.91 Å². The van der Waals surface area contributed by atoms with E-state index >= 15 is 0 Å². The highest BCUT2D eigenvalue weighted by Gasteiger charge is 2.15. The van der Waals surface area contributed by atoms with E-state index in [0.717, 1.165) is 25.9 Å². The van der Waals surface area contributed by atoms with Crippen molar-refractivity contribution in [2.45, 2.75) is 25.4 Å². The Labute approximate surface area is 118 Å². The minimum atomic E-state index is -0.118. The fraction of sp³-hybridized carbons (Fsp3) is 0.500. The monoisotopic (exact) mass is 283 g/mol. The maximum atomic E-state index is 11.6. The SMILES string of the molecule is O=C(COc1ccc(Cl)cc1)NCCC1CCCO1. The number of hydrogen-bond acceptors (Lipinski definition) is 3. The standard InChI is InChI=1S/C14H18ClNO3/c15-11-3-5-13(6-4-11)19-10-14(17)16-8-7-12-2-1-9-18-12/h3-6,12H,1-2,7-10H2,(H,16,17). The van der Waals surface area contributed by atoms with Crippen LogP contribution >= 0.6 is 11.6 Å². The van der Waals surface area contributed by atoms with Crippen LogP contribution in [0.3, 0.4) is 0 Å². The van der Waals surface area contributed by atoms with Crippen LogP contribution in [0.25, 0.3) is 0 Å². The summed E-state index contributed by atoms with van der Waals surface area (Å²) in [6.45, 7) is 1.50. The zero-order valence-electron chi connectivity index (χ0n) is 10.7. The van der Waals surface area contributed by atoms with E-state index in [1.807, 2.05) is 0 Å². The molecule has 2 rings (SSSR count). The quantitative estimate of drug-likeness (QED) is 0.872. The molecule has 1 aliphatic rings. The number of hydrogen-bond donors (Lipinski definition) is 1. The molecule has 0 aromatic heterocycles. The number of nitrogens with one attached hydrogen (secondary N) is 1. The van der Waals surface area contributed by atoms with Gasteiger partial charge in [-0.3, -0.25) is 4.79 Å². The second kappa shape index (κ2) is 7.36. The topological polar surface area (TPSA) is 47.6 Å². The van der Waals surface area contributed by atoms with E-state index in [1.165, 1.54) is 0 Å². The fourth-order valence-electron chi connectivity index (χ4n) is 1.98. The van der Waals surface area contributed by atoms with Crippen molar-refractivity contribution in [1.29, 1.82) is 0 Å². The van der Waals surface area contributed by atoms with Gasteiger partial charge in [0.2, 0.25) is 0 Å². The number of carbonyl (C=O) groups is 1. The van der Waals surface area contributed by atoms with Gasteiger partial charge in [-0.05, 0) is 43.5 Å². The van der Waals surface area contributed by atoms with Crippen molar-refractivity contribution in [2.75, 3.05) is 19.8 Å². The molecular formula is C14H18ClNO3. The van der Waals surface area contributed by atoms with Crippen LogP contribution in [0.15, 0.2) is 24.3 Å². The summed E-state index contributed by atoms with van der Waals surface area (Å²) < 4.78 is 10.8. The van der Waals surface area contributed by atoms with Crippen LogP contribution in [0.1, 0.15) is 19.3 Å². The van der Waals surface area contributed by atoms with E-state index in [-0.39, 0.29) is 12.5 Å². The molecule has 1 N–H and O–H groups in total. The van der Waals surface area contributed by atoms with Crippen molar-refractivity contribution in [3.63, 3.8) is 0 Å². The van der Waals surface area contributed by atoms with E-state index < -0.39 is 0 Å². The van der Waals surface area contributed by atoms with Gasteiger partial charge in [0.15, 0.2) is 6.61 Å². The lowest BCUT2D eigenvalue weighted by molar-refractivity contribution is -0.123. The highest BCUT2D eigenvalue weighted by Crippen LogP contribution is 2.15. The summed E-state index contributed by atoms with van der Waals surface area (Å²) in [5.41, 5.74) is 0. The molecule has 1 saturated heterocycles. The molecule has 4 nitrogen and oxygen atoms in total. The molecule has 0 saturated carbocycles. The van der Waals surface area contributed by atoms with Crippen molar-refractivity contribution in [3.8, 4) is 5.75 Å². The Morgan fingerprint density at radius 2 is 2.21 bits per heavy atom. The number of rotatable bonds is 6. The average Bonchev–Trinajstić information content (AvgIpc) is 2.91. The first kappa shape index (κ1) is 14.2. The molecule has 1 atom stereocenters. The number of carbonyl (C=O) groups excluding carboxylic acids is 1. The molecule has 0 aliphatic carbocycles. The predicted octanol–water partition coefficient (Wildman–Crippen LogP) is 2.40. The fourth-order valence-corrected chi connectivity index (χ4v) is 2.10. The van der Waals surface area contributed by atoms with Gasteiger partial charge in [0.05, 0.1) is 6.10 Å². The lowest BCUT2D eigenvalue weighted by atomic mass is 10.2. The summed E-state index contributed by atoms with van der Waals surface area (Å²) in [5, 5.41) is 3.47. The third-order valence-corrected chi connectivity index (χ3v) is 3.25. The first-order valence-corrected chi connectivity index (χ1v) is 6.88. The molecule has 5 heteroatoms. The van der Waals surface area contributed by atoms with Gasteiger partial charge < -0.3 is 14.8 Å². The minimum absolute atomic E-state index is 0.0210. The molecule has 1 amide bonds. The molecule has 0 bridgehead atoms. The Hall–Kier alpha value is -1.26. The minimum Gasteiger partial charge on any atom is -0.484 e. The van der Waals surface area contributed by atoms with Gasteiger partial charge in [-0.15, -0.1) is 0 Å². The maximum Gasteiger partial charge on any atom is 0.257 e. The largest absolute Gasteiger partial charge is 0.484 e. The lowest BCUT2D eigenvalue weighted by Gasteiger charge is -2.10. The van der Waals surface area contributed by atoms with Crippen LogP contribution in [0.5, 0.6) is 5.75 Å². The molecule has 1 aliphatic heterocycles. The molecule has 0 radical (unpaired) electrons. The summed E-state index contributed by atoms with van der Waals surface area (Å²) in [6.07, 6.45) is 3.39. The zero-order chi connectivity index (χ0) is 13.5. The van der Waals surface area contributed by atoms with Gasteiger partial charge in [0, 0.05) is 18.2 Å². The predicted molar refractivity (Wildman–Crippen MR) is 73.5 cm³/mol. The van der Waals surface area contributed by atoms with E-state index in [2.05, 4.69) is 5.32 Å². The molecule has 19 heavy (non-hydrogen) atoms. The first-order chi connectivity index (χ1) is 9.24. The average molecular weight is 284 g/mol. The van der Waals surface area contributed by atoms with E-state index in [4.69, 9.17) is 21.1 Å².